The van der Waals surface area contributed by atoms with Crippen molar-refractivity contribution in [1.29, 1.82) is 0 Å². The first-order chi connectivity index (χ1) is 13.9. The van der Waals surface area contributed by atoms with Gasteiger partial charge in [-0.05, 0) is 41.5 Å². The molecule has 3 rings (SSSR count). The second-order valence-electron chi connectivity index (χ2n) is 6.55. The Hall–Kier alpha value is -2.89. The molecule has 0 spiro atoms. The molecule has 29 heavy (non-hydrogen) atoms. The van der Waals surface area contributed by atoms with Crippen molar-refractivity contribution in [3.63, 3.8) is 0 Å². The first-order valence-electron chi connectivity index (χ1n) is 8.96. The summed E-state index contributed by atoms with van der Waals surface area (Å²) in [6, 6.07) is 18.5. The van der Waals surface area contributed by atoms with Crippen LogP contribution in [0.2, 0.25) is 10.0 Å². The third-order valence-corrected chi connectivity index (χ3v) is 4.79. The van der Waals surface area contributed by atoms with Gasteiger partial charge >= 0.3 is 0 Å². The molecule has 2 N–H and O–H groups in total. The van der Waals surface area contributed by atoms with Crippen LogP contribution in [-0.4, -0.2) is 17.5 Å². The first kappa shape index (κ1) is 20.8. The summed E-state index contributed by atoms with van der Waals surface area (Å²) in [4.78, 5) is 24.4. The molecule has 0 aliphatic carbocycles. The number of halogens is 2. The molecule has 0 saturated carbocycles. The first-order valence-corrected chi connectivity index (χ1v) is 9.71. The summed E-state index contributed by atoms with van der Waals surface area (Å²) < 4.78 is 0. The Morgan fingerprint density at radius 3 is 2.55 bits per heavy atom. The van der Waals surface area contributed by atoms with Crippen LogP contribution < -0.4 is 10.7 Å². The van der Waals surface area contributed by atoms with Crippen molar-refractivity contribution in [2.75, 3.05) is 5.32 Å². The fraction of sp³-hybridized carbons (Fsp3) is 0.136. The zero-order chi connectivity index (χ0) is 20.8. The van der Waals surface area contributed by atoms with Crippen molar-refractivity contribution in [3.05, 3.63) is 76.3 Å². The highest BCUT2D eigenvalue weighted by atomic mass is 35.5. The fourth-order valence-electron chi connectivity index (χ4n) is 2.88. The van der Waals surface area contributed by atoms with E-state index in [-0.39, 0.29) is 24.7 Å². The monoisotopic (exact) mass is 427 g/mol. The van der Waals surface area contributed by atoms with Crippen LogP contribution >= 0.6 is 23.2 Å². The summed E-state index contributed by atoms with van der Waals surface area (Å²) >= 11 is 11.9. The standard InChI is InChI=1S/C22H19Cl2N3O2/c1-14(11-21(28)25-20-13-17(23)9-10-19(20)24)26-27-22(29)12-16-7-4-6-15-5-2-3-8-18(15)16/h2-10,13H,11-12H2,1H3,(H,25,28)(H,27,29)/b26-14-. The van der Waals surface area contributed by atoms with E-state index in [1.165, 1.54) is 0 Å². The van der Waals surface area contributed by atoms with Gasteiger partial charge in [0.1, 0.15) is 0 Å². The Labute approximate surface area is 178 Å². The van der Waals surface area contributed by atoms with E-state index < -0.39 is 0 Å². The highest BCUT2D eigenvalue weighted by Crippen LogP contribution is 2.25. The number of nitrogens with one attached hydrogen (secondary N) is 2. The van der Waals surface area contributed by atoms with Gasteiger partial charge in [-0.3, -0.25) is 9.59 Å². The van der Waals surface area contributed by atoms with Gasteiger partial charge in [-0.1, -0.05) is 65.7 Å². The molecule has 5 nitrogen and oxygen atoms in total. The van der Waals surface area contributed by atoms with E-state index in [0.29, 0.717) is 21.4 Å². The predicted octanol–water partition coefficient (Wildman–Crippen LogP) is 5.21. The van der Waals surface area contributed by atoms with Gasteiger partial charge in [0.2, 0.25) is 11.8 Å². The maximum Gasteiger partial charge on any atom is 0.244 e. The van der Waals surface area contributed by atoms with Crippen LogP contribution in [0.15, 0.2) is 65.8 Å². The maximum atomic E-state index is 12.3. The van der Waals surface area contributed by atoms with Crippen molar-refractivity contribution in [2.24, 2.45) is 5.10 Å². The van der Waals surface area contributed by atoms with Gasteiger partial charge in [-0.15, -0.1) is 0 Å². The minimum atomic E-state index is -0.307. The number of hydrazone groups is 1. The van der Waals surface area contributed by atoms with Crippen molar-refractivity contribution < 1.29 is 9.59 Å². The Morgan fingerprint density at radius 1 is 0.966 bits per heavy atom. The largest absolute Gasteiger partial charge is 0.324 e. The topological polar surface area (TPSA) is 70.6 Å². The lowest BCUT2D eigenvalue weighted by Gasteiger charge is -2.08. The molecule has 0 aliphatic rings. The van der Waals surface area contributed by atoms with Crippen LogP contribution in [-0.2, 0) is 16.0 Å². The molecular formula is C22H19Cl2N3O2. The lowest BCUT2D eigenvalue weighted by Crippen LogP contribution is -2.23. The maximum absolute atomic E-state index is 12.3. The fourth-order valence-corrected chi connectivity index (χ4v) is 3.21. The average Bonchev–Trinajstić information content (AvgIpc) is 2.69. The summed E-state index contributed by atoms with van der Waals surface area (Å²) in [6.07, 6.45) is 0.208. The quantitative estimate of drug-likeness (QED) is 0.418. The minimum absolute atomic E-state index is 0.0113. The van der Waals surface area contributed by atoms with Crippen molar-refractivity contribution in [1.82, 2.24) is 5.43 Å². The number of hydrogen-bond donors (Lipinski definition) is 2. The number of anilines is 1. The van der Waals surface area contributed by atoms with E-state index >= 15 is 0 Å². The number of rotatable bonds is 6. The van der Waals surface area contributed by atoms with Gasteiger partial charge < -0.3 is 5.32 Å². The molecule has 0 unspecified atom stereocenters. The molecule has 0 atom stereocenters. The lowest BCUT2D eigenvalue weighted by atomic mass is 10.0. The summed E-state index contributed by atoms with van der Waals surface area (Å²) in [7, 11) is 0. The summed E-state index contributed by atoms with van der Waals surface area (Å²) in [5.41, 5.74) is 4.32. The SMILES string of the molecule is C/C(CC(=O)Nc1cc(Cl)ccc1Cl)=N/NC(=O)Cc1cccc2ccccc12. The molecule has 0 bridgehead atoms. The van der Waals surface area contributed by atoms with Crippen LogP contribution in [0.5, 0.6) is 0 Å². The number of nitrogens with zero attached hydrogens (tertiary/aromatic N) is 1. The lowest BCUT2D eigenvalue weighted by molar-refractivity contribution is -0.120. The zero-order valence-electron chi connectivity index (χ0n) is 15.7. The number of hydrogen-bond acceptors (Lipinski definition) is 3. The van der Waals surface area contributed by atoms with Crippen LogP contribution in [0.4, 0.5) is 5.69 Å². The van der Waals surface area contributed by atoms with Crippen molar-refractivity contribution in [2.45, 2.75) is 19.8 Å². The number of amides is 2. The van der Waals surface area contributed by atoms with Gasteiger partial charge in [0.05, 0.1) is 23.6 Å². The summed E-state index contributed by atoms with van der Waals surface area (Å²) in [5.74, 6) is -0.558. The van der Waals surface area contributed by atoms with Gasteiger partial charge in [0.15, 0.2) is 0 Å². The predicted molar refractivity (Wildman–Crippen MR) is 119 cm³/mol. The van der Waals surface area contributed by atoms with Crippen LogP contribution in [0.25, 0.3) is 10.8 Å². The highest BCUT2D eigenvalue weighted by molar-refractivity contribution is 6.35. The molecule has 148 valence electrons. The Morgan fingerprint density at radius 2 is 1.72 bits per heavy atom. The number of carbonyl (C=O) groups is 2. The van der Waals surface area contributed by atoms with Crippen molar-refractivity contribution in [3.8, 4) is 0 Å². The Bertz CT molecular complexity index is 1090. The molecule has 0 heterocycles. The van der Waals surface area contributed by atoms with Gasteiger partial charge in [0.25, 0.3) is 0 Å². The average molecular weight is 428 g/mol. The molecule has 0 saturated heterocycles. The zero-order valence-corrected chi connectivity index (χ0v) is 17.2. The van der Waals surface area contributed by atoms with E-state index in [0.717, 1.165) is 16.3 Å². The molecule has 3 aromatic carbocycles. The van der Waals surface area contributed by atoms with Gasteiger partial charge in [-0.2, -0.15) is 5.10 Å². The van der Waals surface area contributed by atoms with Crippen LogP contribution in [0, 0.1) is 0 Å². The Balaban J connectivity index is 1.57. The number of carbonyl (C=O) groups excluding carboxylic acids is 2. The molecule has 7 heteroatoms. The third kappa shape index (κ3) is 5.79. The summed E-state index contributed by atoms with van der Waals surface area (Å²) in [5, 5.41) is 9.67. The molecule has 0 aromatic heterocycles. The van der Waals surface area contributed by atoms with Gasteiger partial charge in [-0.25, -0.2) is 5.43 Å². The van der Waals surface area contributed by atoms with E-state index in [4.69, 9.17) is 23.2 Å². The van der Waals surface area contributed by atoms with E-state index in [2.05, 4.69) is 15.8 Å². The molecule has 0 fully saturated rings. The van der Waals surface area contributed by atoms with Crippen molar-refractivity contribution >= 4 is 57.2 Å². The van der Waals surface area contributed by atoms with E-state index in [9.17, 15) is 9.59 Å². The van der Waals surface area contributed by atoms with Crippen LogP contribution in [0.1, 0.15) is 18.9 Å². The van der Waals surface area contributed by atoms with Crippen LogP contribution in [0.3, 0.4) is 0 Å². The molecular weight excluding hydrogens is 409 g/mol. The molecule has 0 radical (unpaired) electrons. The Kier molecular flexibility index (Phi) is 6.86. The normalized spacial score (nSPS) is 11.3. The minimum Gasteiger partial charge on any atom is -0.324 e. The highest BCUT2D eigenvalue weighted by Gasteiger charge is 2.10. The number of fused-ring (bicyclic) bond motifs is 1. The molecule has 0 aliphatic heterocycles. The number of benzene rings is 3. The molecule has 2 amide bonds. The van der Waals surface area contributed by atoms with Gasteiger partial charge in [0, 0.05) is 10.7 Å². The third-order valence-electron chi connectivity index (χ3n) is 4.22. The summed E-state index contributed by atoms with van der Waals surface area (Å²) in [6.45, 7) is 1.66. The van der Waals surface area contributed by atoms with E-state index in [1.54, 1.807) is 25.1 Å². The second kappa shape index (κ2) is 9.54. The van der Waals surface area contributed by atoms with E-state index in [1.807, 2.05) is 42.5 Å². The smallest absolute Gasteiger partial charge is 0.244 e. The second-order valence-corrected chi connectivity index (χ2v) is 7.39. The molecule has 3 aromatic rings.